The molecule has 1 aromatic carbocycles. The summed E-state index contributed by atoms with van der Waals surface area (Å²) in [5, 5.41) is 15.5. The van der Waals surface area contributed by atoms with Crippen LogP contribution in [0, 0.1) is 0 Å². The summed E-state index contributed by atoms with van der Waals surface area (Å²) in [6, 6.07) is 3.83. The van der Waals surface area contributed by atoms with E-state index < -0.39 is 46.6 Å². The molecule has 1 amide bonds. The lowest BCUT2D eigenvalue weighted by Gasteiger charge is -2.19. The molecule has 2 aliphatic carbocycles. The van der Waals surface area contributed by atoms with Crippen LogP contribution in [-0.4, -0.2) is 32.3 Å². The Morgan fingerprint density at radius 2 is 1.69 bits per heavy atom. The normalized spacial score (nSPS) is 16.4. The number of hydrogen-bond donors (Lipinski definition) is 2. The Hall–Kier alpha value is -4.01. The summed E-state index contributed by atoms with van der Waals surface area (Å²) in [5.74, 6) is -2.30. The van der Waals surface area contributed by atoms with Gasteiger partial charge >= 0.3 is 18.3 Å². The zero-order valence-corrected chi connectivity index (χ0v) is 18.5. The lowest BCUT2D eigenvalue weighted by Crippen LogP contribution is -2.39. The molecule has 1 saturated carbocycles. The molecule has 1 heterocycles. The summed E-state index contributed by atoms with van der Waals surface area (Å²) in [6.07, 6.45) is -6.41. The number of hydrogen-bond acceptors (Lipinski definition) is 3. The maximum atomic E-state index is 13.9. The van der Waals surface area contributed by atoms with Crippen LogP contribution in [0.3, 0.4) is 0 Å². The van der Waals surface area contributed by atoms with E-state index >= 15 is 0 Å². The van der Waals surface area contributed by atoms with Crippen LogP contribution in [0.25, 0.3) is 0 Å². The summed E-state index contributed by atoms with van der Waals surface area (Å²) < 4.78 is 80.6. The van der Waals surface area contributed by atoms with Crippen molar-refractivity contribution >= 4 is 11.9 Å². The van der Waals surface area contributed by atoms with Crippen molar-refractivity contribution in [1.82, 2.24) is 15.1 Å². The van der Waals surface area contributed by atoms with Crippen LogP contribution in [0.15, 0.2) is 59.0 Å². The summed E-state index contributed by atoms with van der Waals surface area (Å²) in [7, 11) is 1.02. The lowest BCUT2D eigenvalue weighted by molar-refractivity contribution is -0.144. The number of carbonyl (C=O) groups excluding carboxylic acids is 1. The van der Waals surface area contributed by atoms with Crippen LogP contribution in [-0.2, 0) is 30.6 Å². The van der Waals surface area contributed by atoms with E-state index in [4.69, 9.17) is 5.11 Å². The SMILES string of the molecule is Cn1nc(Cc2ccc(C(F)(F)F)cc2)c(C(=O)NC2(C3=C=C=C(C(=O)O)C=C3)CC2)c1C(F)(F)F. The molecule has 12 heteroatoms. The third-order valence-corrected chi connectivity index (χ3v) is 5.87. The van der Waals surface area contributed by atoms with Crippen LogP contribution >= 0.6 is 0 Å². The van der Waals surface area contributed by atoms with Crippen LogP contribution in [0.1, 0.15) is 45.7 Å². The van der Waals surface area contributed by atoms with E-state index in [0.717, 1.165) is 31.3 Å². The molecule has 4 rings (SSSR count). The molecular weight excluding hydrogens is 492 g/mol. The predicted octanol–water partition coefficient (Wildman–Crippen LogP) is 4.57. The minimum absolute atomic E-state index is 0.161. The standard InChI is InChI=1S/C24H17F6N3O3/c1-33-19(24(28,29)30)18(17(32-33)12-13-2-6-16(7-3-13)23(25,26)27)20(34)31-22(10-11-22)15-8-4-14(5-9-15)21(35)36/h2-4,6-8H,10-12H2,1H3,(H,31,34)(H,35,36). The van der Waals surface area contributed by atoms with Gasteiger partial charge in [0.15, 0.2) is 5.69 Å². The first-order chi connectivity index (χ1) is 16.7. The second-order valence-corrected chi connectivity index (χ2v) is 8.42. The van der Waals surface area contributed by atoms with Crippen molar-refractivity contribution in [1.29, 1.82) is 0 Å². The molecule has 1 fully saturated rings. The van der Waals surface area contributed by atoms with Crippen molar-refractivity contribution in [3.63, 3.8) is 0 Å². The monoisotopic (exact) mass is 509 g/mol. The highest BCUT2D eigenvalue weighted by Crippen LogP contribution is 2.44. The summed E-state index contributed by atoms with van der Waals surface area (Å²) in [4.78, 5) is 24.2. The number of amides is 1. The van der Waals surface area contributed by atoms with E-state index in [-0.39, 0.29) is 23.3 Å². The van der Waals surface area contributed by atoms with Crippen LogP contribution in [0.2, 0.25) is 0 Å². The second kappa shape index (κ2) is 8.58. The van der Waals surface area contributed by atoms with Gasteiger partial charge in [0.1, 0.15) is 5.57 Å². The van der Waals surface area contributed by atoms with Gasteiger partial charge in [-0.05, 0) is 42.7 Å². The molecule has 2 N–H and O–H groups in total. The van der Waals surface area contributed by atoms with Crippen molar-refractivity contribution in [2.75, 3.05) is 0 Å². The first kappa shape index (κ1) is 25.1. The molecule has 0 spiro atoms. The highest BCUT2D eigenvalue weighted by Gasteiger charge is 2.49. The molecule has 1 aromatic heterocycles. The van der Waals surface area contributed by atoms with E-state index in [1.807, 2.05) is 0 Å². The van der Waals surface area contributed by atoms with Gasteiger partial charge in [-0.3, -0.25) is 9.48 Å². The average molecular weight is 509 g/mol. The molecule has 0 aliphatic heterocycles. The number of rotatable bonds is 6. The Kier molecular flexibility index (Phi) is 5.98. The maximum Gasteiger partial charge on any atom is 0.433 e. The van der Waals surface area contributed by atoms with E-state index in [0.29, 0.717) is 23.1 Å². The van der Waals surface area contributed by atoms with Gasteiger partial charge in [0.05, 0.1) is 22.4 Å². The molecular formula is C24H17F6N3O3. The fourth-order valence-corrected chi connectivity index (χ4v) is 3.93. The van der Waals surface area contributed by atoms with Crippen LogP contribution in [0.5, 0.6) is 0 Å². The zero-order valence-electron chi connectivity index (χ0n) is 18.5. The number of nitrogens with one attached hydrogen (secondary N) is 1. The molecule has 0 radical (unpaired) electrons. The van der Waals surface area contributed by atoms with E-state index in [1.165, 1.54) is 12.2 Å². The number of aryl methyl sites for hydroxylation is 1. The largest absolute Gasteiger partial charge is 0.477 e. The summed E-state index contributed by atoms with van der Waals surface area (Å²) in [6.45, 7) is 0. The number of aliphatic carboxylic acids is 1. The first-order valence-electron chi connectivity index (χ1n) is 10.5. The van der Waals surface area contributed by atoms with Crippen molar-refractivity contribution in [3.05, 3.63) is 87.1 Å². The number of carboxylic acids is 1. The highest BCUT2D eigenvalue weighted by molar-refractivity contribution is 5.98. The fraction of sp³-hybridized carbons (Fsp3) is 0.292. The van der Waals surface area contributed by atoms with E-state index in [9.17, 15) is 35.9 Å². The van der Waals surface area contributed by atoms with Crippen molar-refractivity contribution in [3.8, 4) is 0 Å². The number of carbonyl (C=O) groups is 2. The Bertz CT molecular complexity index is 1380. The number of carboxylic acid groups (broad SMARTS) is 1. The summed E-state index contributed by atoms with van der Waals surface area (Å²) in [5.41, 5.74) is 1.27. The molecule has 188 valence electrons. The lowest BCUT2D eigenvalue weighted by atomic mass is 9.99. The van der Waals surface area contributed by atoms with Gasteiger partial charge in [-0.25, -0.2) is 4.79 Å². The van der Waals surface area contributed by atoms with Gasteiger partial charge in [-0.15, -0.1) is 0 Å². The minimum atomic E-state index is -4.94. The molecule has 36 heavy (non-hydrogen) atoms. The quantitative estimate of drug-likeness (QED) is 0.442. The topological polar surface area (TPSA) is 84.2 Å². The Labute approximate surface area is 199 Å². The van der Waals surface area contributed by atoms with Gasteiger partial charge in [0.25, 0.3) is 5.91 Å². The number of aromatic nitrogens is 2. The van der Waals surface area contributed by atoms with E-state index in [1.54, 1.807) is 0 Å². The minimum Gasteiger partial charge on any atom is -0.477 e. The number of nitrogens with zero attached hydrogens (tertiary/aromatic N) is 2. The maximum absolute atomic E-state index is 13.9. The molecule has 2 aliphatic rings. The first-order valence-corrected chi connectivity index (χ1v) is 10.5. The summed E-state index contributed by atoms with van der Waals surface area (Å²) >= 11 is 0. The average Bonchev–Trinajstić information content (AvgIpc) is 3.48. The molecule has 2 aromatic rings. The van der Waals surface area contributed by atoms with Crippen LogP contribution < -0.4 is 5.32 Å². The molecule has 0 atom stereocenters. The van der Waals surface area contributed by atoms with Crippen molar-refractivity contribution in [2.24, 2.45) is 7.05 Å². The molecule has 6 nitrogen and oxygen atoms in total. The molecule has 0 bridgehead atoms. The van der Waals surface area contributed by atoms with Gasteiger partial charge in [0, 0.05) is 19.0 Å². The Morgan fingerprint density at radius 1 is 1.06 bits per heavy atom. The Morgan fingerprint density at radius 3 is 2.17 bits per heavy atom. The third-order valence-electron chi connectivity index (χ3n) is 5.87. The fourth-order valence-electron chi connectivity index (χ4n) is 3.93. The third kappa shape index (κ3) is 4.86. The molecule has 0 unspecified atom stereocenters. The van der Waals surface area contributed by atoms with Gasteiger partial charge in [0.2, 0.25) is 0 Å². The zero-order chi connectivity index (χ0) is 26.5. The van der Waals surface area contributed by atoms with E-state index in [2.05, 4.69) is 21.9 Å². The van der Waals surface area contributed by atoms with Crippen molar-refractivity contribution < 1.29 is 41.0 Å². The van der Waals surface area contributed by atoms with Crippen LogP contribution in [0.4, 0.5) is 26.3 Å². The predicted molar refractivity (Wildman–Crippen MR) is 113 cm³/mol. The number of benzene rings is 1. The Balaban J connectivity index is 1.69. The van der Waals surface area contributed by atoms with Gasteiger partial charge in [-0.1, -0.05) is 23.6 Å². The molecule has 0 saturated heterocycles. The van der Waals surface area contributed by atoms with Crippen molar-refractivity contribution in [2.45, 2.75) is 37.2 Å². The number of alkyl halides is 6. The highest BCUT2D eigenvalue weighted by atomic mass is 19.4. The number of halogens is 6. The second-order valence-electron chi connectivity index (χ2n) is 8.42. The smallest absolute Gasteiger partial charge is 0.433 e. The van der Waals surface area contributed by atoms with Gasteiger partial charge in [-0.2, -0.15) is 31.4 Å². The van der Waals surface area contributed by atoms with Gasteiger partial charge < -0.3 is 10.4 Å².